The van der Waals surface area contributed by atoms with E-state index in [1.54, 1.807) is 7.11 Å². The maximum atomic E-state index is 6.15. The van der Waals surface area contributed by atoms with E-state index in [0.717, 1.165) is 25.0 Å². The van der Waals surface area contributed by atoms with Gasteiger partial charge in [0.15, 0.2) is 0 Å². The van der Waals surface area contributed by atoms with Crippen LogP contribution >= 0.6 is 11.8 Å². The van der Waals surface area contributed by atoms with E-state index in [0.29, 0.717) is 0 Å². The smallest absolute Gasteiger partial charge is 0.122 e. The summed E-state index contributed by atoms with van der Waals surface area (Å²) in [6.45, 7) is 0. The van der Waals surface area contributed by atoms with E-state index >= 15 is 0 Å². The molecule has 0 amide bonds. The van der Waals surface area contributed by atoms with Crippen molar-refractivity contribution in [2.24, 2.45) is 5.73 Å². The van der Waals surface area contributed by atoms with E-state index in [1.807, 2.05) is 17.8 Å². The fourth-order valence-electron chi connectivity index (χ4n) is 2.74. The summed E-state index contributed by atoms with van der Waals surface area (Å²) in [5.41, 5.74) is 8.87. The first-order valence-electron chi connectivity index (χ1n) is 6.95. The van der Waals surface area contributed by atoms with Crippen LogP contribution in [0.3, 0.4) is 0 Å². The van der Waals surface area contributed by atoms with Gasteiger partial charge in [-0.05, 0) is 54.7 Å². The van der Waals surface area contributed by atoms with Crippen LogP contribution < -0.4 is 10.5 Å². The quantitative estimate of drug-likeness (QED) is 0.934. The molecule has 0 fully saturated rings. The highest BCUT2D eigenvalue weighted by molar-refractivity contribution is 7.99. The first-order valence-corrected chi connectivity index (χ1v) is 7.77. The zero-order valence-corrected chi connectivity index (χ0v) is 12.5. The van der Waals surface area contributed by atoms with Gasteiger partial charge in [0.25, 0.3) is 0 Å². The molecule has 0 saturated heterocycles. The lowest BCUT2D eigenvalue weighted by molar-refractivity contribution is 0.403. The standard InChI is InChI=1S/C17H19NOS/c1-19-16-9-10-17(20-13-5-3-2-4-6-13)15-11-12(18)7-8-14(15)16/h2-6,9-10,12H,7-8,11,18H2,1H3. The molecule has 2 aromatic carbocycles. The van der Waals surface area contributed by atoms with Gasteiger partial charge in [-0.25, -0.2) is 0 Å². The van der Waals surface area contributed by atoms with Crippen molar-refractivity contribution in [2.45, 2.75) is 35.1 Å². The van der Waals surface area contributed by atoms with Crippen molar-refractivity contribution in [3.63, 3.8) is 0 Å². The Morgan fingerprint density at radius 1 is 1.10 bits per heavy atom. The van der Waals surface area contributed by atoms with Crippen LogP contribution in [-0.2, 0) is 12.8 Å². The Morgan fingerprint density at radius 3 is 2.65 bits per heavy atom. The van der Waals surface area contributed by atoms with E-state index < -0.39 is 0 Å². The second-order valence-electron chi connectivity index (χ2n) is 5.14. The van der Waals surface area contributed by atoms with Crippen LogP contribution in [0.2, 0.25) is 0 Å². The number of hydrogen-bond acceptors (Lipinski definition) is 3. The maximum absolute atomic E-state index is 6.15. The molecule has 0 spiro atoms. The third kappa shape index (κ3) is 2.69. The summed E-state index contributed by atoms with van der Waals surface area (Å²) in [6.07, 6.45) is 3.01. The van der Waals surface area contributed by atoms with Crippen LogP contribution in [0, 0.1) is 0 Å². The minimum Gasteiger partial charge on any atom is -0.496 e. The van der Waals surface area contributed by atoms with Gasteiger partial charge in [0.1, 0.15) is 5.75 Å². The molecule has 0 aromatic heterocycles. The predicted molar refractivity (Wildman–Crippen MR) is 83.6 cm³/mol. The van der Waals surface area contributed by atoms with Gasteiger partial charge in [-0.3, -0.25) is 0 Å². The fraction of sp³-hybridized carbons (Fsp3) is 0.294. The molecule has 3 rings (SSSR count). The Bertz CT molecular complexity index is 597. The molecule has 1 unspecified atom stereocenters. The lowest BCUT2D eigenvalue weighted by Crippen LogP contribution is -2.28. The van der Waals surface area contributed by atoms with E-state index in [2.05, 4.69) is 36.4 Å². The van der Waals surface area contributed by atoms with E-state index in [1.165, 1.54) is 20.9 Å². The van der Waals surface area contributed by atoms with Crippen molar-refractivity contribution >= 4 is 11.8 Å². The van der Waals surface area contributed by atoms with Crippen molar-refractivity contribution in [3.8, 4) is 5.75 Å². The number of benzene rings is 2. The number of methoxy groups -OCH3 is 1. The molecule has 1 aliphatic carbocycles. The highest BCUT2D eigenvalue weighted by Crippen LogP contribution is 2.38. The van der Waals surface area contributed by atoms with Gasteiger partial charge in [-0.2, -0.15) is 0 Å². The molecule has 0 saturated carbocycles. The van der Waals surface area contributed by atoms with Crippen LogP contribution in [0.25, 0.3) is 0 Å². The first-order chi connectivity index (χ1) is 9.78. The molecule has 0 aliphatic heterocycles. The number of rotatable bonds is 3. The molecule has 20 heavy (non-hydrogen) atoms. The Kier molecular flexibility index (Phi) is 3.99. The van der Waals surface area contributed by atoms with E-state index in [-0.39, 0.29) is 6.04 Å². The molecule has 0 radical (unpaired) electrons. The number of hydrogen-bond donors (Lipinski definition) is 1. The van der Waals surface area contributed by atoms with Gasteiger partial charge in [-0.15, -0.1) is 0 Å². The SMILES string of the molecule is COc1ccc(Sc2ccccc2)c2c1CCC(N)C2. The highest BCUT2D eigenvalue weighted by atomic mass is 32.2. The summed E-state index contributed by atoms with van der Waals surface area (Å²) >= 11 is 1.81. The molecule has 3 heteroatoms. The average Bonchev–Trinajstić information content (AvgIpc) is 2.49. The molecule has 1 aliphatic rings. The summed E-state index contributed by atoms with van der Waals surface area (Å²) in [6, 6.07) is 15.0. The summed E-state index contributed by atoms with van der Waals surface area (Å²) in [4.78, 5) is 2.57. The summed E-state index contributed by atoms with van der Waals surface area (Å²) < 4.78 is 5.50. The summed E-state index contributed by atoms with van der Waals surface area (Å²) in [5.74, 6) is 1.00. The van der Waals surface area contributed by atoms with Gasteiger partial charge in [0.2, 0.25) is 0 Å². The van der Waals surface area contributed by atoms with Crippen LogP contribution in [0.15, 0.2) is 52.3 Å². The van der Waals surface area contributed by atoms with Crippen molar-refractivity contribution < 1.29 is 4.74 Å². The zero-order valence-electron chi connectivity index (χ0n) is 11.6. The van der Waals surface area contributed by atoms with Crippen LogP contribution in [0.1, 0.15) is 17.5 Å². The Balaban J connectivity index is 1.99. The molecule has 2 N–H and O–H groups in total. The minimum atomic E-state index is 0.268. The second kappa shape index (κ2) is 5.90. The number of fused-ring (bicyclic) bond motifs is 1. The molecule has 2 nitrogen and oxygen atoms in total. The molecule has 1 atom stereocenters. The third-order valence-corrected chi connectivity index (χ3v) is 4.88. The normalized spacial score (nSPS) is 17.6. The average molecular weight is 285 g/mol. The predicted octanol–water partition coefficient (Wildman–Crippen LogP) is 3.66. The largest absolute Gasteiger partial charge is 0.496 e. The minimum absolute atomic E-state index is 0.268. The lowest BCUT2D eigenvalue weighted by atomic mass is 9.88. The van der Waals surface area contributed by atoms with Crippen molar-refractivity contribution in [2.75, 3.05) is 7.11 Å². The molecule has 2 aromatic rings. The van der Waals surface area contributed by atoms with Crippen molar-refractivity contribution in [1.29, 1.82) is 0 Å². The lowest BCUT2D eigenvalue weighted by Gasteiger charge is -2.25. The second-order valence-corrected chi connectivity index (χ2v) is 6.26. The topological polar surface area (TPSA) is 35.2 Å². The van der Waals surface area contributed by atoms with Crippen LogP contribution in [-0.4, -0.2) is 13.2 Å². The zero-order chi connectivity index (χ0) is 13.9. The maximum Gasteiger partial charge on any atom is 0.122 e. The fourth-order valence-corrected chi connectivity index (χ4v) is 3.76. The number of ether oxygens (including phenoxy) is 1. The molecule has 104 valence electrons. The van der Waals surface area contributed by atoms with Crippen molar-refractivity contribution in [3.05, 3.63) is 53.6 Å². The Hall–Kier alpha value is -1.45. The Morgan fingerprint density at radius 2 is 1.90 bits per heavy atom. The van der Waals surface area contributed by atoms with E-state index in [9.17, 15) is 0 Å². The molecular weight excluding hydrogens is 266 g/mol. The Labute approximate surface area is 124 Å². The first kappa shape index (κ1) is 13.5. The highest BCUT2D eigenvalue weighted by Gasteiger charge is 2.22. The summed E-state index contributed by atoms with van der Waals surface area (Å²) in [7, 11) is 1.74. The monoisotopic (exact) mass is 285 g/mol. The van der Waals surface area contributed by atoms with E-state index in [4.69, 9.17) is 10.5 Å². The van der Waals surface area contributed by atoms with Crippen LogP contribution in [0.4, 0.5) is 0 Å². The third-order valence-electron chi connectivity index (χ3n) is 3.77. The van der Waals surface area contributed by atoms with Crippen molar-refractivity contribution in [1.82, 2.24) is 0 Å². The van der Waals surface area contributed by atoms with Gasteiger partial charge in [0.05, 0.1) is 7.11 Å². The van der Waals surface area contributed by atoms with Crippen LogP contribution in [0.5, 0.6) is 5.75 Å². The van der Waals surface area contributed by atoms with Gasteiger partial charge < -0.3 is 10.5 Å². The molecule has 0 bridgehead atoms. The summed E-state index contributed by atoms with van der Waals surface area (Å²) in [5, 5.41) is 0. The van der Waals surface area contributed by atoms with Gasteiger partial charge in [-0.1, -0.05) is 30.0 Å². The number of nitrogens with two attached hydrogens (primary N) is 1. The van der Waals surface area contributed by atoms with Gasteiger partial charge >= 0.3 is 0 Å². The molecule has 0 heterocycles. The van der Waals surface area contributed by atoms with Gasteiger partial charge in [0, 0.05) is 15.8 Å². The molecular formula is C17H19NOS.